The van der Waals surface area contributed by atoms with E-state index >= 15 is 0 Å². The van der Waals surface area contributed by atoms with Gasteiger partial charge in [0.1, 0.15) is 0 Å². The summed E-state index contributed by atoms with van der Waals surface area (Å²) >= 11 is 0. The van der Waals surface area contributed by atoms with Crippen LogP contribution >= 0.6 is 0 Å². The van der Waals surface area contributed by atoms with Gasteiger partial charge in [0.15, 0.2) is 12.6 Å². The predicted molar refractivity (Wildman–Crippen MR) is 138 cm³/mol. The van der Waals surface area contributed by atoms with Gasteiger partial charge in [0, 0.05) is 32.6 Å². The zero-order valence-corrected chi connectivity index (χ0v) is 22.2. The van der Waals surface area contributed by atoms with E-state index in [-0.39, 0.29) is 23.7 Å². The van der Waals surface area contributed by atoms with Gasteiger partial charge in [-0.15, -0.1) is 0 Å². The lowest BCUT2D eigenvalue weighted by atomic mass is 9.61. The van der Waals surface area contributed by atoms with Crippen molar-refractivity contribution in [3.63, 3.8) is 0 Å². The molecule has 0 radical (unpaired) electrons. The average molecular weight is 477 g/mol. The molecule has 0 saturated carbocycles. The second kappa shape index (κ2) is 15.5. The largest absolute Gasteiger partial charge is 0.367 e. The molecule has 6 atom stereocenters. The number of aliphatic hydroxyl groups excluding tert-OH is 2. The Bertz CT molecular complexity index is 699. The Morgan fingerprint density at radius 2 is 2.00 bits per heavy atom. The molecule has 0 aromatic carbocycles. The minimum Gasteiger partial charge on any atom is -0.367 e. The van der Waals surface area contributed by atoms with E-state index in [1.165, 1.54) is 14.2 Å². The average Bonchev–Trinajstić information content (AvgIpc) is 2.85. The first kappa shape index (κ1) is 30.5. The van der Waals surface area contributed by atoms with Gasteiger partial charge in [-0.25, -0.2) is 0 Å². The second-order valence-electron chi connectivity index (χ2n) is 9.99. The third-order valence-corrected chi connectivity index (χ3v) is 7.62. The van der Waals surface area contributed by atoms with Gasteiger partial charge in [-0.05, 0) is 64.0 Å². The Hall–Kier alpha value is -1.49. The first-order valence-electron chi connectivity index (χ1n) is 12.7. The molecule has 0 fully saturated rings. The van der Waals surface area contributed by atoms with Crippen molar-refractivity contribution in [1.29, 1.82) is 5.26 Å². The molecule has 0 spiro atoms. The summed E-state index contributed by atoms with van der Waals surface area (Å²) in [7, 11) is 5.15. The van der Waals surface area contributed by atoms with Gasteiger partial charge in [-0.2, -0.15) is 5.26 Å². The number of hydrogen-bond donors (Lipinski definition) is 2. The lowest BCUT2D eigenvalue weighted by molar-refractivity contribution is -0.110. The molecule has 1 aliphatic carbocycles. The van der Waals surface area contributed by atoms with E-state index in [1.54, 1.807) is 0 Å². The molecule has 194 valence electrons. The number of rotatable bonds is 16. The van der Waals surface area contributed by atoms with Crippen LogP contribution in [-0.4, -0.2) is 62.0 Å². The molecule has 1 aliphatic rings. The quantitative estimate of drug-likeness (QED) is 0.187. The van der Waals surface area contributed by atoms with Crippen LogP contribution in [0.3, 0.4) is 0 Å². The van der Waals surface area contributed by atoms with Crippen molar-refractivity contribution >= 4 is 0 Å². The molecule has 0 amide bonds. The van der Waals surface area contributed by atoms with Crippen LogP contribution < -0.4 is 0 Å². The van der Waals surface area contributed by atoms with Gasteiger partial charge < -0.3 is 24.6 Å². The Morgan fingerprint density at radius 1 is 1.29 bits per heavy atom. The Balaban J connectivity index is 2.72. The van der Waals surface area contributed by atoms with Gasteiger partial charge in [-0.1, -0.05) is 57.2 Å². The van der Waals surface area contributed by atoms with Gasteiger partial charge in [-0.3, -0.25) is 0 Å². The molecule has 6 nitrogen and oxygen atoms in total. The third kappa shape index (κ3) is 8.62. The van der Waals surface area contributed by atoms with Crippen LogP contribution in [0.4, 0.5) is 0 Å². The van der Waals surface area contributed by atoms with E-state index in [0.29, 0.717) is 0 Å². The van der Waals surface area contributed by atoms with Crippen molar-refractivity contribution in [2.45, 2.75) is 71.9 Å². The fraction of sp³-hybridized carbons (Fsp3) is 0.750. The smallest absolute Gasteiger partial charge is 0.160 e. The summed E-state index contributed by atoms with van der Waals surface area (Å²) in [5.41, 5.74) is 0.689. The predicted octanol–water partition coefficient (Wildman–Crippen LogP) is 4.91. The first-order valence-corrected chi connectivity index (χ1v) is 12.7. The molecule has 5 unspecified atom stereocenters. The van der Waals surface area contributed by atoms with Gasteiger partial charge in [0.2, 0.25) is 0 Å². The number of ether oxygens (including phenoxy) is 2. The normalized spacial score (nSPS) is 23.4. The van der Waals surface area contributed by atoms with Crippen molar-refractivity contribution in [2.24, 2.45) is 29.1 Å². The number of aliphatic hydroxyl groups is 2. The van der Waals surface area contributed by atoms with Crippen LogP contribution in [-0.2, 0) is 9.47 Å². The third-order valence-electron chi connectivity index (χ3n) is 7.62. The molecule has 1 rings (SSSR count). The summed E-state index contributed by atoms with van der Waals surface area (Å²) in [6.45, 7) is 12.1. The Labute approximate surface area is 207 Å². The van der Waals surface area contributed by atoms with E-state index in [2.05, 4.69) is 50.6 Å². The molecule has 2 N–H and O–H groups in total. The van der Waals surface area contributed by atoms with Crippen molar-refractivity contribution in [2.75, 3.05) is 34.4 Å². The topological polar surface area (TPSA) is 86.0 Å². The maximum atomic E-state index is 10.3. The molecule has 0 saturated heterocycles. The maximum Gasteiger partial charge on any atom is 0.160 e. The van der Waals surface area contributed by atoms with E-state index in [9.17, 15) is 15.5 Å². The zero-order valence-electron chi connectivity index (χ0n) is 22.2. The Kier molecular flexibility index (Phi) is 13.9. The van der Waals surface area contributed by atoms with Gasteiger partial charge in [0.25, 0.3) is 0 Å². The van der Waals surface area contributed by atoms with Gasteiger partial charge >= 0.3 is 0 Å². The number of methoxy groups -OCH3 is 2. The minimum atomic E-state index is -0.821. The van der Waals surface area contributed by atoms with E-state index < -0.39 is 18.0 Å². The van der Waals surface area contributed by atoms with E-state index in [1.807, 2.05) is 19.1 Å². The van der Waals surface area contributed by atoms with Crippen LogP contribution in [0.15, 0.2) is 36.5 Å². The van der Waals surface area contributed by atoms with E-state index in [0.717, 1.165) is 57.2 Å². The zero-order chi connectivity index (χ0) is 25.7. The van der Waals surface area contributed by atoms with Crippen LogP contribution in [0, 0.1) is 40.4 Å². The van der Waals surface area contributed by atoms with Crippen LogP contribution in [0.25, 0.3) is 0 Å². The highest BCUT2D eigenvalue weighted by Gasteiger charge is 2.43. The monoisotopic (exact) mass is 476 g/mol. The lowest BCUT2D eigenvalue weighted by Crippen LogP contribution is -2.39. The van der Waals surface area contributed by atoms with Crippen LogP contribution in [0.5, 0.6) is 0 Å². The maximum absolute atomic E-state index is 10.3. The van der Waals surface area contributed by atoms with Crippen molar-refractivity contribution in [3.05, 3.63) is 36.5 Å². The number of nitrogens with zero attached hydrogens (tertiary/aromatic N) is 2. The van der Waals surface area contributed by atoms with E-state index in [4.69, 9.17) is 9.47 Å². The Morgan fingerprint density at radius 3 is 2.53 bits per heavy atom. The molecular formula is C28H48N2O4. The second-order valence-corrected chi connectivity index (χ2v) is 9.99. The molecule has 34 heavy (non-hydrogen) atoms. The minimum absolute atomic E-state index is 0.0458. The molecule has 6 heteroatoms. The highest BCUT2D eigenvalue weighted by Crippen LogP contribution is 2.47. The fourth-order valence-electron chi connectivity index (χ4n) is 5.15. The number of allylic oxidation sites excluding steroid dienone is 2. The first-order chi connectivity index (χ1) is 16.2. The van der Waals surface area contributed by atoms with Crippen LogP contribution in [0.2, 0.25) is 0 Å². The fourth-order valence-corrected chi connectivity index (χ4v) is 5.15. The molecular weight excluding hydrogens is 428 g/mol. The van der Waals surface area contributed by atoms with Crippen molar-refractivity contribution in [3.8, 4) is 6.07 Å². The summed E-state index contributed by atoms with van der Waals surface area (Å²) in [4.78, 5) is 2.30. The molecule has 0 aliphatic heterocycles. The highest BCUT2D eigenvalue weighted by molar-refractivity contribution is 5.18. The van der Waals surface area contributed by atoms with Crippen molar-refractivity contribution in [1.82, 2.24) is 4.90 Å². The summed E-state index contributed by atoms with van der Waals surface area (Å²) in [6.07, 6.45) is 11.5. The molecule has 0 bridgehead atoms. The number of nitriles is 1. The van der Waals surface area contributed by atoms with Crippen molar-refractivity contribution < 1.29 is 19.7 Å². The molecule has 0 aromatic rings. The lowest BCUT2D eigenvalue weighted by Gasteiger charge is -2.42. The summed E-state index contributed by atoms with van der Waals surface area (Å²) in [5, 5.41) is 30.5. The van der Waals surface area contributed by atoms with Gasteiger partial charge in [0.05, 0.1) is 11.5 Å². The molecule has 0 aromatic heterocycles. The summed E-state index contributed by atoms with van der Waals surface area (Å²) in [6, 6.07) is 2.71. The number of hydrogen-bond acceptors (Lipinski definition) is 6. The van der Waals surface area contributed by atoms with Crippen LogP contribution in [0.1, 0.15) is 59.3 Å². The standard InChI is InChI=1S/C28H48N2O4/c1-8-22(18-23(9-2)26(31)33-6)14-17-30(5)16-11-15-28(20-29,21(3)4)25-13-10-12-24(19-25)27(32)34-7/h8,10,12,18,21,23-27,31-32H,1,9,11,13-17,19H2,2-7H3/b22-18+/t23?,24-,25?,26?,27?,28?/m0/s1. The highest BCUT2D eigenvalue weighted by atomic mass is 16.6. The molecule has 0 heterocycles. The summed E-state index contributed by atoms with van der Waals surface area (Å²) in [5.74, 6) is 0.324. The summed E-state index contributed by atoms with van der Waals surface area (Å²) < 4.78 is 10.2. The SMILES string of the molecule is C=C/C(=C\C(CC)C(O)OC)CCN(C)CCCC(C#N)(C(C)C)C1CC=C[C@H](C(O)OC)C1.